The van der Waals surface area contributed by atoms with Crippen LogP contribution in [0.4, 0.5) is 5.69 Å². The molecule has 0 unspecified atom stereocenters. The largest absolute Gasteiger partial charge is 0.395 e. The van der Waals surface area contributed by atoms with Crippen molar-refractivity contribution in [1.29, 1.82) is 0 Å². The van der Waals surface area contributed by atoms with Gasteiger partial charge in [-0.25, -0.2) is 4.85 Å². The van der Waals surface area contributed by atoms with Gasteiger partial charge in [0.25, 0.3) is 0 Å². The minimum absolute atomic E-state index is 0.0972. The maximum absolute atomic E-state index is 11.1. The number of aliphatic hydroxyl groups excluding tert-OH is 1. The molecule has 1 fully saturated rings. The molecule has 0 aliphatic carbocycles. The number of nitrogens with zero attached hydrogens (tertiary/aromatic N) is 2. The molecule has 1 heterocycles. The highest BCUT2D eigenvalue weighted by molar-refractivity contribution is 5.79. The third-order valence-electron chi connectivity index (χ3n) is 3.05. The van der Waals surface area contributed by atoms with Crippen LogP contribution in [0.25, 0.3) is 4.85 Å². The molecular weight excluding hydrogens is 254 g/mol. The fourth-order valence-corrected chi connectivity index (χ4v) is 1.96. The van der Waals surface area contributed by atoms with E-state index < -0.39 is 0 Å². The van der Waals surface area contributed by atoms with Gasteiger partial charge in [-0.3, -0.25) is 9.69 Å². The molecule has 0 radical (unpaired) electrons. The fraction of sp³-hybridized carbons (Fsp3) is 0.467. The number of hydrogen-bond donors (Lipinski definition) is 2. The summed E-state index contributed by atoms with van der Waals surface area (Å²) in [6.45, 7) is 9.99. The Hall–Kier alpha value is -1.74. The molecule has 108 valence electrons. The molecular formula is C15H21N3O2. The minimum Gasteiger partial charge on any atom is -0.395 e. The summed E-state index contributed by atoms with van der Waals surface area (Å²) in [7, 11) is 0. The number of Topliss-reactive ketones (excluding diaryl/α,β-unsaturated/α-hetero) is 1. The first-order valence-corrected chi connectivity index (χ1v) is 6.71. The molecule has 0 aromatic heterocycles. The van der Waals surface area contributed by atoms with Gasteiger partial charge in [0.15, 0.2) is 5.69 Å². The Labute approximate surface area is 119 Å². The minimum atomic E-state index is 0.0972. The third-order valence-corrected chi connectivity index (χ3v) is 3.05. The number of ketones is 1. The maximum atomic E-state index is 11.1. The van der Waals surface area contributed by atoms with Crippen LogP contribution in [0.1, 0.15) is 18.4 Å². The molecule has 0 bridgehead atoms. The number of carbonyl (C=O) groups excluding carboxylic acids is 1. The van der Waals surface area contributed by atoms with Crippen molar-refractivity contribution in [2.45, 2.75) is 19.4 Å². The molecule has 2 rings (SSSR count). The molecule has 1 aliphatic rings. The lowest BCUT2D eigenvalue weighted by atomic mass is 10.1. The average molecular weight is 275 g/mol. The number of benzene rings is 1. The summed E-state index contributed by atoms with van der Waals surface area (Å²) < 4.78 is 0. The topological polar surface area (TPSA) is 70.9 Å². The van der Waals surface area contributed by atoms with Crippen molar-refractivity contribution >= 4 is 11.5 Å². The van der Waals surface area contributed by atoms with Gasteiger partial charge in [0.2, 0.25) is 0 Å². The van der Waals surface area contributed by atoms with Crippen molar-refractivity contribution in [2.24, 2.45) is 5.73 Å². The predicted octanol–water partition coefficient (Wildman–Crippen LogP) is 1.34. The Kier molecular flexibility index (Phi) is 7.51. The van der Waals surface area contributed by atoms with E-state index >= 15 is 0 Å². The molecule has 1 aromatic carbocycles. The quantitative estimate of drug-likeness (QED) is 0.817. The van der Waals surface area contributed by atoms with Gasteiger partial charge in [0.1, 0.15) is 5.78 Å². The highest BCUT2D eigenvalue weighted by Crippen LogP contribution is 2.21. The molecule has 0 amide bonds. The van der Waals surface area contributed by atoms with E-state index in [2.05, 4.69) is 9.74 Å². The van der Waals surface area contributed by atoms with Crippen LogP contribution in [0.5, 0.6) is 0 Å². The van der Waals surface area contributed by atoms with Gasteiger partial charge in [0.05, 0.1) is 13.2 Å². The molecule has 5 heteroatoms. The summed E-state index contributed by atoms with van der Waals surface area (Å²) in [5.41, 5.74) is 6.56. The van der Waals surface area contributed by atoms with Crippen LogP contribution in [0, 0.1) is 6.57 Å². The van der Waals surface area contributed by atoms with E-state index in [0.29, 0.717) is 25.2 Å². The lowest BCUT2D eigenvalue weighted by Gasteiger charge is -2.26. The molecule has 1 saturated heterocycles. The van der Waals surface area contributed by atoms with E-state index in [-0.39, 0.29) is 6.61 Å². The number of aliphatic hydroxyl groups is 1. The number of carbonyl (C=O) groups is 1. The average Bonchev–Trinajstić information content (AvgIpc) is 2.50. The monoisotopic (exact) mass is 275 g/mol. The Balaban J connectivity index is 0.000000444. The van der Waals surface area contributed by atoms with Gasteiger partial charge in [-0.15, -0.1) is 0 Å². The molecule has 0 atom stereocenters. The number of likely N-dealkylation sites (tertiary alicyclic amines) is 1. The second-order valence-corrected chi connectivity index (χ2v) is 4.57. The molecule has 0 spiro atoms. The standard InChI is InChI=1S/C13H14N2O.C2H7NO/c1-14-13-5-3-2-4-11(13)10-15-8-6-12(16)7-9-15;3-1-2-4/h2-5H,6-10H2;4H,1-3H2. The highest BCUT2D eigenvalue weighted by Gasteiger charge is 2.16. The van der Waals surface area contributed by atoms with Crippen LogP contribution in [-0.2, 0) is 11.3 Å². The van der Waals surface area contributed by atoms with Crippen LogP contribution in [-0.4, -0.2) is 42.0 Å². The number of nitrogens with two attached hydrogens (primary N) is 1. The lowest BCUT2D eigenvalue weighted by molar-refractivity contribution is -0.121. The van der Waals surface area contributed by atoms with Crippen LogP contribution in [0.15, 0.2) is 24.3 Å². The van der Waals surface area contributed by atoms with E-state index in [9.17, 15) is 4.79 Å². The van der Waals surface area contributed by atoms with Gasteiger partial charge in [-0.2, -0.15) is 0 Å². The van der Waals surface area contributed by atoms with E-state index in [0.717, 1.165) is 30.9 Å². The Morgan fingerprint density at radius 1 is 1.30 bits per heavy atom. The zero-order valence-corrected chi connectivity index (χ0v) is 11.6. The highest BCUT2D eigenvalue weighted by atomic mass is 16.3. The second kappa shape index (κ2) is 9.21. The van der Waals surface area contributed by atoms with Gasteiger partial charge >= 0.3 is 0 Å². The number of hydrogen-bond acceptors (Lipinski definition) is 4. The van der Waals surface area contributed by atoms with Gasteiger partial charge in [0, 0.05) is 39.0 Å². The number of piperidine rings is 1. The normalized spacial score (nSPS) is 15.2. The fourth-order valence-electron chi connectivity index (χ4n) is 1.96. The Morgan fingerprint density at radius 3 is 2.45 bits per heavy atom. The SMILES string of the molecule is NCCO.[C-]#[N+]c1ccccc1CN1CCC(=O)CC1. The molecule has 3 N–H and O–H groups in total. The summed E-state index contributed by atoms with van der Waals surface area (Å²) in [6, 6.07) is 7.68. The van der Waals surface area contributed by atoms with Crippen LogP contribution in [0.3, 0.4) is 0 Å². The Morgan fingerprint density at radius 2 is 1.90 bits per heavy atom. The first-order valence-electron chi connectivity index (χ1n) is 6.71. The van der Waals surface area contributed by atoms with E-state index in [1.807, 2.05) is 24.3 Å². The second-order valence-electron chi connectivity index (χ2n) is 4.57. The summed E-state index contributed by atoms with van der Waals surface area (Å²) >= 11 is 0. The summed E-state index contributed by atoms with van der Waals surface area (Å²) in [6.07, 6.45) is 1.31. The number of para-hydroxylation sites is 1. The smallest absolute Gasteiger partial charge is 0.191 e. The summed E-state index contributed by atoms with van der Waals surface area (Å²) in [5, 5.41) is 7.75. The van der Waals surface area contributed by atoms with Crippen LogP contribution < -0.4 is 5.73 Å². The van der Waals surface area contributed by atoms with Crippen molar-refractivity contribution in [3.05, 3.63) is 41.2 Å². The van der Waals surface area contributed by atoms with Gasteiger partial charge in [-0.05, 0) is 5.56 Å². The molecule has 20 heavy (non-hydrogen) atoms. The van der Waals surface area contributed by atoms with Crippen molar-refractivity contribution in [3.8, 4) is 0 Å². The zero-order chi connectivity index (χ0) is 14.8. The zero-order valence-electron chi connectivity index (χ0n) is 11.6. The molecule has 5 nitrogen and oxygen atoms in total. The third kappa shape index (κ3) is 5.49. The van der Waals surface area contributed by atoms with Crippen molar-refractivity contribution in [3.63, 3.8) is 0 Å². The maximum Gasteiger partial charge on any atom is 0.191 e. The molecule has 0 saturated carbocycles. The first-order chi connectivity index (χ1) is 9.71. The summed E-state index contributed by atoms with van der Waals surface area (Å²) in [5.74, 6) is 0.356. The van der Waals surface area contributed by atoms with E-state index in [4.69, 9.17) is 17.4 Å². The van der Waals surface area contributed by atoms with Gasteiger partial charge in [-0.1, -0.05) is 24.3 Å². The number of rotatable bonds is 3. The van der Waals surface area contributed by atoms with Crippen LogP contribution >= 0.6 is 0 Å². The Bertz CT molecular complexity index is 456. The lowest BCUT2D eigenvalue weighted by Crippen LogP contribution is -2.33. The predicted molar refractivity (Wildman–Crippen MR) is 78.4 cm³/mol. The molecule has 1 aliphatic heterocycles. The van der Waals surface area contributed by atoms with Crippen molar-refractivity contribution < 1.29 is 9.90 Å². The van der Waals surface area contributed by atoms with E-state index in [1.54, 1.807) is 0 Å². The van der Waals surface area contributed by atoms with Crippen molar-refractivity contribution in [2.75, 3.05) is 26.2 Å². The molecule has 1 aromatic rings. The van der Waals surface area contributed by atoms with E-state index in [1.165, 1.54) is 0 Å². The summed E-state index contributed by atoms with van der Waals surface area (Å²) in [4.78, 5) is 16.9. The first kappa shape index (κ1) is 16.3. The van der Waals surface area contributed by atoms with Crippen molar-refractivity contribution in [1.82, 2.24) is 4.90 Å². The van der Waals surface area contributed by atoms with Crippen LogP contribution in [0.2, 0.25) is 0 Å². The van der Waals surface area contributed by atoms with Gasteiger partial charge < -0.3 is 10.8 Å².